The van der Waals surface area contributed by atoms with E-state index in [-0.39, 0.29) is 11.8 Å². The molecule has 3 N–H and O–H groups in total. The molecule has 0 aliphatic heterocycles. The maximum absolute atomic E-state index is 11.7. The van der Waals surface area contributed by atoms with Crippen molar-refractivity contribution in [1.29, 1.82) is 0 Å². The second-order valence-electron chi connectivity index (χ2n) is 4.08. The van der Waals surface area contributed by atoms with Crippen molar-refractivity contribution in [1.82, 2.24) is 4.98 Å². The number of nitrogens with one attached hydrogen (secondary N) is 1. The van der Waals surface area contributed by atoms with Crippen molar-refractivity contribution >= 4 is 27.7 Å². The topological polar surface area (TPSA) is 68.0 Å². The van der Waals surface area contributed by atoms with E-state index in [9.17, 15) is 4.79 Å². The molecule has 1 aromatic rings. The van der Waals surface area contributed by atoms with Crippen molar-refractivity contribution in [2.45, 2.75) is 26.8 Å². The molecular formula is C11H16BrN3O. The SMILES string of the molecule is Cc1cc(NC(=O)[C@H](N)C(C)C)ncc1Br. The van der Waals surface area contributed by atoms with Gasteiger partial charge in [0.2, 0.25) is 5.91 Å². The number of hydrogen-bond acceptors (Lipinski definition) is 3. The van der Waals surface area contributed by atoms with Gasteiger partial charge in [-0.25, -0.2) is 4.98 Å². The number of aromatic nitrogens is 1. The van der Waals surface area contributed by atoms with E-state index in [1.54, 1.807) is 12.3 Å². The number of halogens is 1. The first kappa shape index (κ1) is 13.1. The third kappa shape index (κ3) is 3.28. The van der Waals surface area contributed by atoms with Crippen LogP contribution >= 0.6 is 15.9 Å². The van der Waals surface area contributed by atoms with Crippen LogP contribution in [-0.4, -0.2) is 16.9 Å². The molecule has 0 fully saturated rings. The van der Waals surface area contributed by atoms with Crippen LogP contribution in [0.3, 0.4) is 0 Å². The molecule has 0 saturated heterocycles. The van der Waals surface area contributed by atoms with Gasteiger partial charge in [0.05, 0.1) is 6.04 Å². The molecule has 4 nitrogen and oxygen atoms in total. The van der Waals surface area contributed by atoms with Gasteiger partial charge >= 0.3 is 0 Å². The lowest BCUT2D eigenvalue weighted by Crippen LogP contribution is -2.39. The molecule has 88 valence electrons. The van der Waals surface area contributed by atoms with Crippen LogP contribution in [0.15, 0.2) is 16.7 Å². The Labute approximate surface area is 104 Å². The molecule has 0 bridgehead atoms. The Morgan fingerprint density at radius 1 is 1.56 bits per heavy atom. The highest BCUT2D eigenvalue weighted by molar-refractivity contribution is 9.10. The van der Waals surface area contributed by atoms with Crippen LogP contribution in [0.25, 0.3) is 0 Å². The third-order valence-electron chi connectivity index (χ3n) is 2.32. The first-order valence-electron chi connectivity index (χ1n) is 5.10. The Bertz CT molecular complexity index is 393. The van der Waals surface area contributed by atoms with E-state index in [4.69, 9.17) is 5.73 Å². The minimum Gasteiger partial charge on any atom is -0.320 e. The molecule has 0 saturated carbocycles. The van der Waals surface area contributed by atoms with Crippen LogP contribution in [0.1, 0.15) is 19.4 Å². The predicted octanol–water partition coefficient (Wildman–Crippen LogP) is 2.07. The lowest BCUT2D eigenvalue weighted by atomic mass is 10.1. The molecule has 0 spiro atoms. The fourth-order valence-corrected chi connectivity index (χ4v) is 1.34. The summed E-state index contributed by atoms with van der Waals surface area (Å²) >= 11 is 3.35. The smallest absolute Gasteiger partial charge is 0.242 e. The lowest BCUT2D eigenvalue weighted by molar-refractivity contribution is -0.118. The minimum absolute atomic E-state index is 0.108. The number of rotatable bonds is 3. The van der Waals surface area contributed by atoms with Gasteiger partial charge in [-0.3, -0.25) is 4.79 Å². The Morgan fingerprint density at radius 3 is 2.69 bits per heavy atom. The number of carbonyl (C=O) groups excluding carboxylic acids is 1. The molecule has 1 amide bonds. The number of nitrogens with zero attached hydrogens (tertiary/aromatic N) is 1. The lowest BCUT2D eigenvalue weighted by Gasteiger charge is -2.15. The second kappa shape index (κ2) is 5.41. The first-order chi connectivity index (χ1) is 7.41. The number of carbonyl (C=O) groups is 1. The van der Waals surface area contributed by atoms with Gasteiger partial charge in [-0.1, -0.05) is 13.8 Å². The van der Waals surface area contributed by atoms with E-state index in [2.05, 4.69) is 26.2 Å². The van der Waals surface area contributed by atoms with Crippen molar-refractivity contribution in [3.8, 4) is 0 Å². The molecule has 1 atom stereocenters. The molecule has 1 aromatic heterocycles. The van der Waals surface area contributed by atoms with Gasteiger partial charge in [-0.05, 0) is 40.4 Å². The summed E-state index contributed by atoms with van der Waals surface area (Å²) in [5, 5.41) is 2.70. The average molecular weight is 286 g/mol. The summed E-state index contributed by atoms with van der Waals surface area (Å²) < 4.78 is 0.915. The summed E-state index contributed by atoms with van der Waals surface area (Å²) in [5.74, 6) is 0.433. The van der Waals surface area contributed by atoms with Gasteiger partial charge in [-0.2, -0.15) is 0 Å². The van der Waals surface area contributed by atoms with Gasteiger partial charge < -0.3 is 11.1 Å². The molecule has 1 heterocycles. The third-order valence-corrected chi connectivity index (χ3v) is 3.15. The summed E-state index contributed by atoms with van der Waals surface area (Å²) in [6.07, 6.45) is 1.66. The standard InChI is InChI=1S/C11H16BrN3O/c1-6(2)10(13)11(16)15-9-4-7(3)8(12)5-14-9/h4-6,10H,13H2,1-3H3,(H,14,15,16)/t10-/m1/s1. The average Bonchev–Trinajstić information content (AvgIpc) is 2.22. The van der Waals surface area contributed by atoms with Gasteiger partial charge in [0, 0.05) is 10.7 Å². The highest BCUT2D eigenvalue weighted by atomic mass is 79.9. The van der Waals surface area contributed by atoms with Crippen LogP contribution in [0.5, 0.6) is 0 Å². The summed E-state index contributed by atoms with van der Waals surface area (Å²) in [6, 6.07) is 1.29. The highest BCUT2D eigenvalue weighted by Crippen LogP contribution is 2.17. The normalized spacial score (nSPS) is 12.6. The molecular weight excluding hydrogens is 270 g/mol. The molecule has 0 aliphatic carbocycles. The van der Waals surface area contributed by atoms with Gasteiger partial charge in [0.25, 0.3) is 0 Å². The Hall–Kier alpha value is -0.940. The van der Waals surface area contributed by atoms with E-state index >= 15 is 0 Å². The molecule has 16 heavy (non-hydrogen) atoms. The fourth-order valence-electron chi connectivity index (χ4n) is 1.12. The van der Waals surface area contributed by atoms with Crippen molar-refractivity contribution < 1.29 is 4.79 Å². The quantitative estimate of drug-likeness (QED) is 0.893. The predicted molar refractivity (Wildman–Crippen MR) is 68.1 cm³/mol. The van der Waals surface area contributed by atoms with Gasteiger partial charge in [0.15, 0.2) is 0 Å². The molecule has 0 unspecified atom stereocenters. The van der Waals surface area contributed by atoms with Crippen molar-refractivity contribution in [3.63, 3.8) is 0 Å². The summed E-state index contributed by atoms with van der Waals surface area (Å²) in [6.45, 7) is 5.75. The molecule has 0 aliphatic rings. The monoisotopic (exact) mass is 285 g/mol. The van der Waals surface area contributed by atoms with E-state index in [0.717, 1.165) is 10.0 Å². The zero-order valence-corrected chi connectivity index (χ0v) is 11.2. The van der Waals surface area contributed by atoms with Crippen molar-refractivity contribution in [2.24, 2.45) is 11.7 Å². The van der Waals surface area contributed by atoms with Crippen LogP contribution in [0.4, 0.5) is 5.82 Å². The Kier molecular flexibility index (Phi) is 4.44. The summed E-state index contributed by atoms with van der Waals surface area (Å²) in [5.41, 5.74) is 6.74. The van der Waals surface area contributed by atoms with E-state index < -0.39 is 6.04 Å². The fraction of sp³-hybridized carbons (Fsp3) is 0.455. The van der Waals surface area contributed by atoms with Gasteiger partial charge in [-0.15, -0.1) is 0 Å². The van der Waals surface area contributed by atoms with Crippen LogP contribution in [0.2, 0.25) is 0 Å². The van der Waals surface area contributed by atoms with E-state index in [1.807, 2.05) is 20.8 Å². The zero-order valence-electron chi connectivity index (χ0n) is 9.62. The number of anilines is 1. The van der Waals surface area contributed by atoms with E-state index in [1.165, 1.54) is 0 Å². The van der Waals surface area contributed by atoms with Gasteiger partial charge in [0.1, 0.15) is 5.82 Å². The Balaban J connectivity index is 2.74. The number of aryl methyl sites for hydroxylation is 1. The maximum Gasteiger partial charge on any atom is 0.242 e. The van der Waals surface area contributed by atoms with Crippen molar-refractivity contribution in [3.05, 3.63) is 22.3 Å². The number of amides is 1. The number of nitrogens with two attached hydrogens (primary N) is 1. The number of pyridine rings is 1. The second-order valence-corrected chi connectivity index (χ2v) is 4.93. The summed E-state index contributed by atoms with van der Waals surface area (Å²) in [4.78, 5) is 15.7. The molecule has 0 aromatic carbocycles. The Morgan fingerprint density at radius 2 is 2.19 bits per heavy atom. The van der Waals surface area contributed by atoms with Crippen molar-refractivity contribution in [2.75, 3.05) is 5.32 Å². The highest BCUT2D eigenvalue weighted by Gasteiger charge is 2.17. The van der Waals surface area contributed by atoms with E-state index in [0.29, 0.717) is 5.82 Å². The van der Waals surface area contributed by atoms with Crippen LogP contribution < -0.4 is 11.1 Å². The largest absolute Gasteiger partial charge is 0.320 e. The maximum atomic E-state index is 11.7. The molecule has 1 rings (SSSR count). The van der Waals surface area contributed by atoms with Crippen LogP contribution in [-0.2, 0) is 4.79 Å². The summed E-state index contributed by atoms with van der Waals surface area (Å²) in [7, 11) is 0. The molecule has 5 heteroatoms. The zero-order chi connectivity index (χ0) is 12.3. The number of hydrogen-bond donors (Lipinski definition) is 2. The first-order valence-corrected chi connectivity index (χ1v) is 5.89. The minimum atomic E-state index is -0.509. The molecule has 0 radical (unpaired) electrons. The van der Waals surface area contributed by atoms with Crippen LogP contribution in [0, 0.1) is 12.8 Å².